The summed E-state index contributed by atoms with van der Waals surface area (Å²) < 4.78 is 6.88. The molecule has 0 atom stereocenters. The molecule has 1 N–H and O–H groups in total. The maximum Gasteiger partial charge on any atom is 0.301 e. The topological polar surface area (TPSA) is 97.5 Å². The summed E-state index contributed by atoms with van der Waals surface area (Å²) in [5.41, 5.74) is 2.63. The van der Waals surface area contributed by atoms with Gasteiger partial charge in [-0.3, -0.25) is 9.89 Å². The predicted octanol–water partition coefficient (Wildman–Crippen LogP) is 4.60. The number of aryl methyl sites for hydroxylation is 2. The van der Waals surface area contributed by atoms with Crippen molar-refractivity contribution in [1.82, 2.24) is 19.7 Å². The van der Waals surface area contributed by atoms with E-state index in [-0.39, 0.29) is 17.2 Å². The molecule has 28 heavy (non-hydrogen) atoms. The van der Waals surface area contributed by atoms with E-state index in [4.69, 9.17) is 16.3 Å². The van der Waals surface area contributed by atoms with Crippen LogP contribution >= 0.6 is 11.6 Å². The van der Waals surface area contributed by atoms with Crippen molar-refractivity contribution in [2.24, 2.45) is 10.2 Å². The van der Waals surface area contributed by atoms with Crippen LogP contribution in [-0.2, 0) is 6.42 Å². The van der Waals surface area contributed by atoms with Gasteiger partial charge in [0, 0.05) is 16.3 Å². The van der Waals surface area contributed by atoms with Crippen molar-refractivity contribution in [3.8, 4) is 11.8 Å². The van der Waals surface area contributed by atoms with Gasteiger partial charge >= 0.3 is 5.56 Å². The number of ether oxygens (including phenoxy) is 1. The van der Waals surface area contributed by atoms with Gasteiger partial charge in [-0.1, -0.05) is 18.5 Å². The number of aromatic nitrogens is 4. The molecule has 3 rings (SSSR count). The summed E-state index contributed by atoms with van der Waals surface area (Å²) in [6.45, 7) is 7.98. The highest BCUT2D eigenvalue weighted by atomic mass is 35.5. The van der Waals surface area contributed by atoms with Gasteiger partial charge in [0.25, 0.3) is 5.95 Å². The lowest BCUT2D eigenvalue weighted by Gasteiger charge is -2.11. The van der Waals surface area contributed by atoms with Crippen LogP contribution in [0, 0.1) is 13.8 Å². The van der Waals surface area contributed by atoms with E-state index >= 15 is 0 Å². The zero-order chi connectivity index (χ0) is 20.3. The number of hydrogen-bond acceptors (Lipinski definition) is 6. The Morgan fingerprint density at radius 2 is 1.86 bits per heavy atom. The van der Waals surface area contributed by atoms with Gasteiger partial charge in [0.2, 0.25) is 5.88 Å². The van der Waals surface area contributed by atoms with Crippen molar-refractivity contribution < 1.29 is 4.74 Å². The molecule has 1 aromatic carbocycles. The van der Waals surface area contributed by atoms with Gasteiger partial charge in [0.15, 0.2) is 5.69 Å². The molecular weight excluding hydrogens is 380 g/mol. The molecule has 146 valence electrons. The first-order chi connectivity index (χ1) is 13.4. The molecule has 0 aliphatic carbocycles. The molecule has 0 saturated heterocycles. The van der Waals surface area contributed by atoms with Gasteiger partial charge in [-0.15, -0.1) is 5.11 Å². The maximum absolute atomic E-state index is 12.8. The van der Waals surface area contributed by atoms with E-state index in [1.54, 1.807) is 31.2 Å². The smallest absolute Gasteiger partial charge is 0.301 e. The Morgan fingerprint density at radius 3 is 2.50 bits per heavy atom. The van der Waals surface area contributed by atoms with Crippen molar-refractivity contribution in [3.63, 3.8) is 0 Å². The summed E-state index contributed by atoms with van der Waals surface area (Å²) in [4.78, 5) is 21.7. The molecular formula is C19H21ClN6O2. The number of hydrogen-bond donors (Lipinski definition) is 1. The van der Waals surface area contributed by atoms with Crippen LogP contribution in [0.25, 0.3) is 5.95 Å². The van der Waals surface area contributed by atoms with Crippen LogP contribution < -0.4 is 10.3 Å². The SMILES string of the molecule is CCOc1nc(-n2[nH]c(C)c(N=Nc3ccc(Cl)cc3)c2=O)nc(C)c1CC. The van der Waals surface area contributed by atoms with Crippen molar-refractivity contribution >= 4 is 23.0 Å². The first-order valence-corrected chi connectivity index (χ1v) is 9.32. The second-order valence-corrected chi connectivity index (χ2v) is 6.52. The molecule has 8 nitrogen and oxygen atoms in total. The molecule has 0 radical (unpaired) electrons. The molecule has 3 aromatic rings. The monoisotopic (exact) mass is 400 g/mol. The number of aromatic amines is 1. The van der Waals surface area contributed by atoms with Crippen LogP contribution in [0.1, 0.15) is 30.8 Å². The number of rotatable bonds is 6. The fourth-order valence-electron chi connectivity index (χ4n) is 2.73. The van der Waals surface area contributed by atoms with Gasteiger partial charge < -0.3 is 4.74 Å². The Bertz CT molecular complexity index is 1070. The Balaban J connectivity index is 2.02. The van der Waals surface area contributed by atoms with E-state index in [1.807, 2.05) is 20.8 Å². The van der Waals surface area contributed by atoms with Crippen LogP contribution in [0.4, 0.5) is 11.4 Å². The van der Waals surface area contributed by atoms with Crippen LogP contribution in [0.2, 0.25) is 5.02 Å². The number of azo groups is 1. The Morgan fingerprint density at radius 1 is 1.14 bits per heavy atom. The molecule has 9 heteroatoms. The van der Waals surface area contributed by atoms with Crippen LogP contribution in [0.5, 0.6) is 5.88 Å². The average molecular weight is 401 g/mol. The largest absolute Gasteiger partial charge is 0.478 e. The van der Waals surface area contributed by atoms with Gasteiger partial charge in [0.05, 0.1) is 18.0 Å². The van der Waals surface area contributed by atoms with E-state index in [1.165, 1.54) is 4.68 Å². The highest BCUT2D eigenvalue weighted by Crippen LogP contribution is 2.23. The van der Waals surface area contributed by atoms with E-state index in [9.17, 15) is 4.79 Å². The van der Waals surface area contributed by atoms with Crippen molar-refractivity contribution in [3.05, 3.63) is 56.6 Å². The fourth-order valence-corrected chi connectivity index (χ4v) is 2.86. The van der Waals surface area contributed by atoms with Crippen molar-refractivity contribution in [2.45, 2.75) is 34.1 Å². The summed E-state index contributed by atoms with van der Waals surface area (Å²) in [5, 5.41) is 11.8. The molecule has 0 aliphatic rings. The van der Waals surface area contributed by atoms with Gasteiger partial charge in [-0.2, -0.15) is 14.8 Å². The molecule has 0 saturated carbocycles. The van der Waals surface area contributed by atoms with Crippen LogP contribution in [0.3, 0.4) is 0 Å². The summed E-state index contributed by atoms with van der Waals surface area (Å²) in [5.74, 6) is 0.690. The molecule has 0 unspecified atom stereocenters. The lowest BCUT2D eigenvalue weighted by molar-refractivity contribution is 0.321. The third kappa shape index (κ3) is 3.96. The minimum absolute atomic E-state index is 0.189. The molecule has 2 aromatic heterocycles. The minimum Gasteiger partial charge on any atom is -0.478 e. The van der Waals surface area contributed by atoms with Crippen molar-refractivity contribution in [1.29, 1.82) is 0 Å². The third-order valence-electron chi connectivity index (χ3n) is 4.13. The molecule has 2 heterocycles. The zero-order valence-corrected chi connectivity index (χ0v) is 16.9. The summed E-state index contributed by atoms with van der Waals surface area (Å²) in [6, 6.07) is 6.85. The fraction of sp³-hybridized carbons (Fsp3) is 0.316. The lowest BCUT2D eigenvalue weighted by atomic mass is 10.2. The molecule has 0 amide bonds. The predicted molar refractivity (Wildman–Crippen MR) is 108 cm³/mol. The zero-order valence-electron chi connectivity index (χ0n) is 16.2. The Hall–Kier alpha value is -3.00. The second-order valence-electron chi connectivity index (χ2n) is 6.08. The highest BCUT2D eigenvalue weighted by molar-refractivity contribution is 6.30. The molecule has 0 bridgehead atoms. The molecule has 0 aliphatic heterocycles. The lowest BCUT2D eigenvalue weighted by Crippen LogP contribution is -2.19. The Kier molecular flexibility index (Phi) is 5.89. The van der Waals surface area contributed by atoms with E-state index < -0.39 is 0 Å². The highest BCUT2D eigenvalue weighted by Gasteiger charge is 2.18. The van der Waals surface area contributed by atoms with Crippen LogP contribution in [0.15, 0.2) is 39.3 Å². The molecule has 0 fully saturated rings. The Labute approximate surface area is 167 Å². The summed E-state index contributed by atoms with van der Waals surface area (Å²) in [7, 11) is 0. The van der Waals surface area contributed by atoms with Crippen molar-refractivity contribution in [2.75, 3.05) is 6.61 Å². The van der Waals surface area contributed by atoms with Gasteiger partial charge in [0.1, 0.15) is 0 Å². The molecule has 0 spiro atoms. The quantitative estimate of drug-likeness (QED) is 0.611. The number of nitrogens with zero attached hydrogens (tertiary/aromatic N) is 5. The van der Waals surface area contributed by atoms with Crippen LogP contribution in [-0.4, -0.2) is 26.4 Å². The number of nitrogens with one attached hydrogen (secondary N) is 1. The maximum atomic E-state index is 12.8. The van der Waals surface area contributed by atoms with Gasteiger partial charge in [-0.05, 0) is 51.5 Å². The number of benzene rings is 1. The minimum atomic E-state index is -0.388. The van der Waals surface area contributed by atoms with E-state index in [0.717, 1.165) is 17.7 Å². The summed E-state index contributed by atoms with van der Waals surface area (Å²) >= 11 is 5.87. The number of halogens is 1. The third-order valence-corrected chi connectivity index (χ3v) is 4.38. The standard InChI is InChI=1S/C19H21ClN6O2/c1-5-15-11(3)21-19(22-17(15)28-6-2)26-18(27)16(12(4)25-26)24-23-14-9-7-13(20)8-10-14/h7-10,25H,5-6H2,1-4H3. The van der Waals surface area contributed by atoms with Gasteiger partial charge in [-0.25, -0.2) is 4.98 Å². The average Bonchev–Trinajstić information content (AvgIpc) is 2.95. The van der Waals surface area contributed by atoms with E-state index in [2.05, 4.69) is 25.3 Å². The second kappa shape index (κ2) is 8.35. The normalized spacial score (nSPS) is 11.3. The first-order valence-electron chi connectivity index (χ1n) is 8.94. The summed E-state index contributed by atoms with van der Waals surface area (Å²) in [6.07, 6.45) is 0.737. The first kappa shape index (κ1) is 19.8. The number of H-pyrrole nitrogens is 1. The van der Waals surface area contributed by atoms with E-state index in [0.29, 0.717) is 28.9 Å².